The summed E-state index contributed by atoms with van der Waals surface area (Å²) in [4.78, 5) is 11.8. The lowest BCUT2D eigenvalue weighted by atomic mass is 10.1. The highest BCUT2D eigenvalue weighted by atomic mass is 32.2. The second-order valence-electron chi connectivity index (χ2n) is 5.30. The Balaban J connectivity index is 1.93. The third-order valence-corrected chi connectivity index (χ3v) is 4.66. The smallest absolute Gasteiger partial charge is 0.271 e. The van der Waals surface area contributed by atoms with Crippen LogP contribution < -0.4 is 11.6 Å². The fourth-order valence-corrected chi connectivity index (χ4v) is 3.25. The lowest BCUT2D eigenvalue weighted by molar-refractivity contribution is -0.117. The molecule has 4 N–H and O–H groups in total. The standard InChI is InChI=1S/C15H17N7OS/c1-9-8-10(2)22(20-9)14-18-19-15(21(14)17)24-12(13(16)23)11-6-4-3-5-7-11/h3-8,12H,17H2,1-2H3,(H2,16,23). The number of amides is 1. The molecule has 2 heterocycles. The van der Waals surface area contributed by atoms with E-state index in [-0.39, 0.29) is 0 Å². The molecule has 0 saturated carbocycles. The van der Waals surface area contributed by atoms with E-state index in [0.717, 1.165) is 28.7 Å². The Morgan fingerprint density at radius 3 is 2.50 bits per heavy atom. The highest BCUT2D eigenvalue weighted by Crippen LogP contribution is 2.33. The van der Waals surface area contributed by atoms with Crippen LogP contribution in [0.15, 0.2) is 41.6 Å². The first kappa shape index (κ1) is 16.1. The Kier molecular flexibility index (Phi) is 4.26. The quantitative estimate of drug-likeness (QED) is 0.529. The number of hydrogen-bond acceptors (Lipinski definition) is 6. The van der Waals surface area contributed by atoms with E-state index in [1.54, 1.807) is 4.68 Å². The minimum Gasteiger partial charge on any atom is -0.368 e. The Labute approximate surface area is 142 Å². The first-order chi connectivity index (χ1) is 11.5. The van der Waals surface area contributed by atoms with Gasteiger partial charge in [0.15, 0.2) is 0 Å². The number of aromatic nitrogens is 5. The van der Waals surface area contributed by atoms with E-state index in [1.807, 2.05) is 50.2 Å². The number of primary amides is 1. The zero-order valence-corrected chi connectivity index (χ0v) is 14.1. The minimum absolute atomic E-state index is 0.374. The number of rotatable bonds is 5. The second-order valence-corrected chi connectivity index (χ2v) is 6.37. The Morgan fingerprint density at radius 2 is 1.92 bits per heavy atom. The summed E-state index contributed by atoms with van der Waals surface area (Å²) in [6.07, 6.45) is 0. The lowest BCUT2D eigenvalue weighted by Gasteiger charge is -2.12. The molecule has 124 valence electrons. The van der Waals surface area contributed by atoms with Crippen LogP contribution in [0.2, 0.25) is 0 Å². The Bertz CT molecular complexity index is 871. The monoisotopic (exact) mass is 343 g/mol. The van der Waals surface area contributed by atoms with Crippen molar-refractivity contribution in [3.63, 3.8) is 0 Å². The Morgan fingerprint density at radius 1 is 1.21 bits per heavy atom. The van der Waals surface area contributed by atoms with E-state index in [4.69, 9.17) is 11.6 Å². The summed E-state index contributed by atoms with van der Waals surface area (Å²) in [5.41, 5.74) is 8.06. The summed E-state index contributed by atoms with van der Waals surface area (Å²) >= 11 is 1.15. The zero-order valence-electron chi connectivity index (χ0n) is 13.2. The van der Waals surface area contributed by atoms with Crippen molar-refractivity contribution in [3.05, 3.63) is 53.3 Å². The molecule has 24 heavy (non-hydrogen) atoms. The highest BCUT2D eigenvalue weighted by molar-refractivity contribution is 8.00. The van der Waals surface area contributed by atoms with Gasteiger partial charge < -0.3 is 11.6 Å². The molecule has 2 aromatic heterocycles. The molecule has 0 spiro atoms. The van der Waals surface area contributed by atoms with E-state index >= 15 is 0 Å². The van der Waals surface area contributed by atoms with Gasteiger partial charge in [0.2, 0.25) is 11.1 Å². The van der Waals surface area contributed by atoms with Crippen LogP contribution in [0.3, 0.4) is 0 Å². The van der Waals surface area contributed by atoms with Crippen LogP contribution in [0.1, 0.15) is 22.2 Å². The fourth-order valence-electron chi connectivity index (χ4n) is 2.35. The van der Waals surface area contributed by atoms with E-state index in [2.05, 4.69) is 15.3 Å². The van der Waals surface area contributed by atoms with Gasteiger partial charge in [-0.25, -0.2) is 9.36 Å². The largest absolute Gasteiger partial charge is 0.368 e. The number of nitrogen functional groups attached to an aromatic ring is 1. The molecular formula is C15H17N7OS. The SMILES string of the molecule is Cc1cc(C)n(-c2nnc(SC(C(N)=O)c3ccccc3)n2N)n1. The summed E-state index contributed by atoms with van der Waals surface area (Å²) in [6, 6.07) is 11.2. The maximum Gasteiger partial charge on any atom is 0.271 e. The molecule has 3 rings (SSSR count). The normalized spacial score (nSPS) is 12.2. The van der Waals surface area contributed by atoms with Crippen molar-refractivity contribution in [1.29, 1.82) is 0 Å². The first-order valence-electron chi connectivity index (χ1n) is 7.22. The molecule has 1 amide bonds. The molecule has 1 unspecified atom stereocenters. The number of thioether (sulfide) groups is 1. The third-order valence-electron chi connectivity index (χ3n) is 3.43. The van der Waals surface area contributed by atoms with Gasteiger partial charge in [0.05, 0.1) is 5.69 Å². The molecule has 0 fully saturated rings. The topological polar surface area (TPSA) is 118 Å². The van der Waals surface area contributed by atoms with E-state index in [1.165, 1.54) is 4.68 Å². The van der Waals surface area contributed by atoms with Crippen LogP contribution in [0, 0.1) is 13.8 Å². The summed E-state index contributed by atoms with van der Waals surface area (Å²) in [6.45, 7) is 3.78. The molecule has 8 nitrogen and oxygen atoms in total. The molecule has 0 saturated heterocycles. The van der Waals surface area contributed by atoms with Crippen LogP contribution in [0.5, 0.6) is 0 Å². The number of aryl methyl sites for hydroxylation is 2. The molecule has 1 atom stereocenters. The summed E-state index contributed by atoms with van der Waals surface area (Å²) in [5.74, 6) is 6.00. The molecular weight excluding hydrogens is 326 g/mol. The highest BCUT2D eigenvalue weighted by Gasteiger charge is 2.24. The number of nitrogens with zero attached hydrogens (tertiary/aromatic N) is 5. The predicted octanol–water partition coefficient (Wildman–Crippen LogP) is 1.11. The van der Waals surface area contributed by atoms with Gasteiger partial charge in [-0.15, -0.1) is 10.2 Å². The zero-order chi connectivity index (χ0) is 17.3. The number of carbonyl (C=O) groups is 1. The molecule has 0 radical (unpaired) electrons. The van der Waals surface area contributed by atoms with E-state index < -0.39 is 11.2 Å². The maximum absolute atomic E-state index is 11.8. The van der Waals surface area contributed by atoms with Gasteiger partial charge in [-0.2, -0.15) is 5.10 Å². The summed E-state index contributed by atoms with van der Waals surface area (Å²) in [5, 5.41) is 12.3. The second kappa shape index (κ2) is 6.36. The van der Waals surface area contributed by atoms with Gasteiger partial charge in [-0.3, -0.25) is 4.79 Å². The van der Waals surface area contributed by atoms with Crippen LogP contribution in [0.25, 0.3) is 5.95 Å². The van der Waals surface area contributed by atoms with Crippen molar-refractivity contribution in [3.8, 4) is 5.95 Å². The van der Waals surface area contributed by atoms with Crippen molar-refractivity contribution in [2.45, 2.75) is 24.3 Å². The van der Waals surface area contributed by atoms with Gasteiger partial charge >= 0.3 is 0 Å². The maximum atomic E-state index is 11.8. The lowest BCUT2D eigenvalue weighted by Crippen LogP contribution is -2.21. The summed E-state index contributed by atoms with van der Waals surface area (Å²) < 4.78 is 2.91. The number of hydrogen-bond donors (Lipinski definition) is 2. The van der Waals surface area contributed by atoms with Crippen molar-refractivity contribution in [1.82, 2.24) is 24.7 Å². The molecule has 0 aliphatic carbocycles. The van der Waals surface area contributed by atoms with Gasteiger partial charge in [0, 0.05) is 5.69 Å². The van der Waals surface area contributed by atoms with Crippen molar-refractivity contribution in [2.24, 2.45) is 5.73 Å². The van der Waals surface area contributed by atoms with Crippen LogP contribution >= 0.6 is 11.8 Å². The minimum atomic E-state index is -0.606. The van der Waals surface area contributed by atoms with Gasteiger partial charge in [0.25, 0.3) is 5.95 Å². The van der Waals surface area contributed by atoms with Crippen molar-refractivity contribution in [2.75, 3.05) is 5.84 Å². The van der Waals surface area contributed by atoms with Gasteiger partial charge in [0.1, 0.15) is 5.25 Å². The first-order valence-corrected chi connectivity index (χ1v) is 8.10. The van der Waals surface area contributed by atoms with Crippen LogP contribution in [-0.2, 0) is 4.79 Å². The summed E-state index contributed by atoms with van der Waals surface area (Å²) in [7, 11) is 0. The average Bonchev–Trinajstić information content (AvgIpc) is 3.07. The van der Waals surface area contributed by atoms with Crippen molar-refractivity contribution >= 4 is 17.7 Å². The number of carbonyl (C=O) groups excluding carboxylic acids is 1. The Hall–Kier alpha value is -2.81. The third kappa shape index (κ3) is 2.98. The van der Waals surface area contributed by atoms with E-state index in [9.17, 15) is 4.79 Å². The fraction of sp³-hybridized carbons (Fsp3) is 0.200. The number of benzene rings is 1. The molecule has 1 aromatic carbocycles. The van der Waals surface area contributed by atoms with Crippen molar-refractivity contribution < 1.29 is 4.79 Å². The molecule has 0 bridgehead atoms. The molecule has 3 aromatic rings. The molecule has 0 aliphatic rings. The van der Waals surface area contributed by atoms with Gasteiger partial charge in [-0.1, -0.05) is 42.1 Å². The van der Waals surface area contributed by atoms with Crippen LogP contribution in [-0.4, -0.2) is 30.6 Å². The van der Waals surface area contributed by atoms with Gasteiger partial charge in [-0.05, 0) is 25.5 Å². The average molecular weight is 343 g/mol. The molecule has 0 aliphatic heterocycles. The van der Waals surface area contributed by atoms with Crippen LogP contribution in [0.4, 0.5) is 0 Å². The predicted molar refractivity (Wildman–Crippen MR) is 91.0 cm³/mol. The van der Waals surface area contributed by atoms with E-state index in [0.29, 0.717) is 11.1 Å². The molecule has 9 heteroatoms. The number of nitrogens with two attached hydrogens (primary N) is 2.